The molecule has 2 aromatic carbocycles. The fourth-order valence-electron chi connectivity index (χ4n) is 2.81. The predicted octanol–water partition coefficient (Wildman–Crippen LogP) is 4.01. The number of anilines is 1. The normalized spacial score (nSPS) is 11.1. The molecular formula is C21H19ClN4O2. The van der Waals surface area contributed by atoms with Gasteiger partial charge in [0.1, 0.15) is 17.4 Å². The van der Waals surface area contributed by atoms with Crippen molar-refractivity contribution in [3.05, 3.63) is 71.0 Å². The molecule has 0 bridgehead atoms. The molecule has 1 heterocycles. The van der Waals surface area contributed by atoms with Crippen molar-refractivity contribution < 1.29 is 9.53 Å². The average Bonchev–Trinajstić information content (AvgIpc) is 3.11. The summed E-state index contributed by atoms with van der Waals surface area (Å²) in [5.41, 5.74) is 2.72. The van der Waals surface area contributed by atoms with Gasteiger partial charge in [-0.25, -0.2) is 0 Å². The van der Waals surface area contributed by atoms with E-state index in [9.17, 15) is 10.1 Å². The number of H-pyrrole nitrogens is 1. The van der Waals surface area contributed by atoms with Gasteiger partial charge in [0.05, 0.1) is 12.1 Å². The summed E-state index contributed by atoms with van der Waals surface area (Å²) in [5, 5.41) is 16.5. The first-order chi connectivity index (χ1) is 13.6. The Labute approximate surface area is 167 Å². The van der Waals surface area contributed by atoms with E-state index in [0.29, 0.717) is 23.0 Å². The summed E-state index contributed by atoms with van der Waals surface area (Å²) in [6, 6.07) is 14.8. The Bertz CT molecular complexity index is 1070. The van der Waals surface area contributed by atoms with Gasteiger partial charge < -0.3 is 20.4 Å². The zero-order valence-corrected chi connectivity index (χ0v) is 16.0. The smallest absolute Gasteiger partial charge is 0.267 e. The second-order valence-electron chi connectivity index (χ2n) is 6.04. The zero-order valence-electron chi connectivity index (χ0n) is 15.3. The van der Waals surface area contributed by atoms with Crippen molar-refractivity contribution in [3.8, 4) is 11.8 Å². The molecule has 6 nitrogen and oxygen atoms in total. The van der Waals surface area contributed by atoms with Gasteiger partial charge in [-0.1, -0.05) is 29.8 Å². The van der Waals surface area contributed by atoms with E-state index in [0.717, 1.165) is 11.9 Å². The molecule has 1 amide bonds. The van der Waals surface area contributed by atoms with Gasteiger partial charge in [0, 0.05) is 35.5 Å². The number of ether oxygens (including phenoxy) is 1. The highest BCUT2D eigenvalue weighted by Crippen LogP contribution is 2.27. The third-order valence-electron chi connectivity index (χ3n) is 4.23. The van der Waals surface area contributed by atoms with Crippen LogP contribution in [-0.2, 0) is 11.2 Å². The maximum Gasteiger partial charge on any atom is 0.267 e. The van der Waals surface area contributed by atoms with Crippen LogP contribution in [0, 0.1) is 11.3 Å². The van der Waals surface area contributed by atoms with E-state index in [4.69, 9.17) is 16.3 Å². The summed E-state index contributed by atoms with van der Waals surface area (Å²) < 4.78 is 5.08. The molecule has 0 aliphatic carbocycles. The molecule has 3 rings (SSSR count). The number of carbonyl (C=O) groups is 1. The summed E-state index contributed by atoms with van der Waals surface area (Å²) >= 11 is 6.05. The Balaban J connectivity index is 1.58. The number of amides is 1. The van der Waals surface area contributed by atoms with Crippen molar-refractivity contribution in [2.75, 3.05) is 19.0 Å². The lowest BCUT2D eigenvalue weighted by Gasteiger charge is -2.08. The van der Waals surface area contributed by atoms with Crippen molar-refractivity contribution in [3.63, 3.8) is 0 Å². The lowest BCUT2D eigenvalue weighted by molar-refractivity contribution is -0.112. The first-order valence-corrected chi connectivity index (χ1v) is 9.03. The topological polar surface area (TPSA) is 89.9 Å². The fourth-order valence-corrected chi connectivity index (χ4v) is 3.07. The van der Waals surface area contributed by atoms with E-state index < -0.39 is 5.91 Å². The minimum atomic E-state index is -0.511. The van der Waals surface area contributed by atoms with Gasteiger partial charge in [-0.05, 0) is 36.2 Å². The van der Waals surface area contributed by atoms with Crippen LogP contribution in [0.4, 0.5) is 5.69 Å². The number of aromatic amines is 1. The van der Waals surface area contributed by atoms with E-state index in [1.165, 1.54) is 24.3 Å². The minimum absolute atomic E-state index is 0.0223. The largest absolute Gasteiger partial charge is 0.495 e. The maximum atomic E-state index is 12.3. The molecule has 0 aliphatic heterocycles. The van der Waals surface area contributed by atoms with Gasteiger partial charge in [0.15, 0.2) is 0 Å². The van der Waals surface area contributed by atoms with E-state index in [2.05, 4.69) is 21.7 Å². The standard InChI is InChI=1S/C21H19ClN4O2/c1-28-20-7-6-16(10-18(20)22)26-21(27)15(11-23)12-24-9-8-14-13-25-19-5-3-2-4-17(14)19/h2-7,10,12-13,24-25H,8-9H2,1H3,(H,26,27)/b15-12-. The van der Waals surface area contributed by atoms with Gasteiger partial charge in [0.25, 0.3) is 5.91 Å². The first-order valence-electron chi connectivity index (χ1n) is 8.66. The third-order valence-corrected chi connectivity index (χ3v) is 4.53. The number of aromatic nitrogens is 1. The minimum Gasteiger partial charge on any atom is -0.495 e. The second-order valence-corrected chi connectivity index (χ2v) is 6.44. The number of fused-ring (bicyclic) bond motifs is 1. The van der Waals surface area contributed by atoms with E-state index >= 15 is 0 Å². The summed E-state index contributed by atoms with van der Waals surface area (Å²) in [5.74, 6) is -0.00186. The summed E-state index contributed by atoms with van der Waals surface area (Å²) in [6.45, 7) is 0.592. The summed E-state index contributed by atoms with van der Waals surface area (Å²) in [4.78, 5) is 15.5. The molecule has 3 N–H and O–H groups in total. The predicted molar refractivity (Wildman–Crippen MR) is 110 cm³/mol. The van der Waals surface area contributed by atoms with Crippen LogP contribution in [0.5, 0.6) is 5.75 Å². The highest BCUT2D eigenvalue weighted by atomic mass is 35.5. The molecule has 28 heavy (non-hydrogen) atoms. The number of nitrogens with one attached hydrogen (secondary N) is 3. The summed E-state index contributed by atoms with van der Waals surface area (Å²) in [6.07, 6.45) is 4.16. The number of rotatable bonds is 7. The molecule has 0 spiro atoms. The number of nitrogens with zero attached hydrogens (tertiary/aromatic N) is 1. The summed E-state index contributed by atoms with van der Waals surface area (Å²) in [7, 11) is 1.51. The Morgan fingerprint density at radius 2 is 2.14 bits per heavy atom. The van der Waals surface area contributed by atoms with Crippen molar-refractivity contribution >= 4 is 34.1 Å². The monoisotopic (exact) mass is 394 g/mol. The molecule has 0 radical (unpaired) electrons. The number of benzene rings is 2. The van der Waals surface area contributed by atoms with Crippen molar-refractivity contribution in [1.29, 1.82) is 5.26 Å². The number of carbonyl (C=O) groups excluding carboxylic acids is 1. The van der Waals surface area contributed by atoms with E-state index in [-0.39, 0.29) is 5.57 Å². The zero-order chi connectivity index (χ0) is 19.9. The molecule has 7 heteroatoms. The molecule has 142 valence electrons. The fraction of sp³-hybridized carbons (Fsp3) is 0.143. The average molecular weight is 395 g/mol. The van der Waals surface area contributed by atoms with Crippen molar-refractivity contribution in [2.24, 2.45) is 0 Å². The number of nitriles is 1. The first kappa shape index (κ1) is 19.3. The number of halogens is 1. The van der Waals surface area contributed by atoms with Gasteiger partial charge in [-0.2, -0.15) is 5.26 Å². The number of methoxy groups -OCH3 is 1. The Morgan fingerprint density at radius 3 is 2.89 bits per heavy atom. The Morgan fingerprint density at radius 1 is 1.32 bits per heavy atom. The Kier molecular flexibility index (Phi) is 6.20. The van der Waals surface area contributed by atoms with Gasteiger partial charge >= 0.3 is 0 Å². The van der Waals surface area contributed by atoms with Crippen LogP contribution in [0.1, 0.15) is 5.56 Å². The van der Waals surface area contributed by atoms with Crippen molar-refractivity contribution in [1.82, 2.24) is 10.3 Å². The van der Waals surface area contributed by atoms with E-state index in [1.54, 1.807) is 18.2 Å². The lowest BCUT2D eigenvalue weighted by Crippen LogP contribution is -2.18. The number of hydrogen-bond donors (Lipinski definition) is 3. The van der Waals surface area contributed by atoms with Gasteiger partial charge in [0.2, 0.25) is 0 Å². The molecule has 0 fully saturated rings. The number of hydrogen-bond acceptors (Lipinski definition) is 4. The molecular weight excluding hydrogens is 376 g/mol. The van der Waals surface area contributed by atoms with E-state index in [1.807, 2.05) is 30.5 Å². The van der Waals surface area contributed by atoms with Crippen LogP contribution < -0.4 is 15.4 Å². The quantitative estimate of drug-likeness (QED) is 0.321. The van der Waals surface area contributed by atoms with Crippen LogP contribution in [0.2, 0.25) is 5.02 Å². The lowest BCUT2D eigenvalue weighted by atomic mass is 10.1. The van der Waals surface area contributed by atoms with Crippen LogP contribution in [-0.4, -0.2) is 24.5 Å². The second kappa shape index (κ2) is 8.98. The van der Waals surface area contributed by atoms with Crippen LogP contribution >= 0.6 is 11.6 Å². The van der Waals surface area contributed by atoms with Crippen LogP contribution in [0.25, 0.3) is 10.9 Å². The number of para-hydroxylation sites is 1. The van der Waals surface area contributed by atoms with Crippen LogP contribution in [0.15, 0.2) is 60.4 Å². The molecule has 0 unspecified atom stereocenters. The molecule has 0 saturated carbocycles. The molecule has 0 atom stereocenters. The third kappa shape index (κ3) is 4.45. The van der Waals surface area contributed by atoms with Gasteiger partial charge in [-0.3, -0.25) is 4.79 Å². The van der Waals surface area contributed by atoms with Gasteiger partial charge in [-0.15, -0.1) is 0 Å². The molecule has 1 aromatic heterocycles. The maximum absolute atomic E-state index is 12.3. The highest BCUT2D eigenvalue weighted by Gasteiger charge is 2.11. The highest BCUT2D eigenvalue weighted by molar-refractivity contribution is 6.32. The van der Waals surface area contributed by atoms with Crippen LogP contribution in [0.3, 0.4) is 0 Å². The molecule has 3 aromatic rings. The SMILES string of the molecule is COc1ccc(NC(=O)/C(C#N)=C\NCCc2c[nH]c3ccccc23)cc1Cl. The Hall–Kier alpha value is -3.43. The van der Waals surface area contributed by atoms with Crippen molar-refractivity contribution in [2.45, 2.75) is 6.42 Å². The molecule has 0 saturated heterocycles. The molecule has 0 aliphatic rings.